The van der Waals surface area contributed by atoms with Gasteiger partial charge < -0.3 is 9.64 Å². The number of amides is 1. The maximum Gasteiger partial charge on any atom is 0.232 e. The number of rotatable bonds is 0. The molecule has 2 aromatic rings. The standard InChI is InChI=1S/C20H19NO2/c1-12-6-7-14-13-4-2-3-5-15(13)19-17(16(14)10-12)11-18-21(20(19)22)8-9-23-18/h2-7,10,17-19H,8-9,11H2,1H3/t17-,18-,19+/m1/s1. The quantitative estimate of drug-likeness (QED) is 0.746. The summed E-state index contributed by atoms with van der Waals surface area (Å²) in [6, 6.07) is 15.0. The third-order valence-corrected chi connectivity index (χ3v) is 5.59. The summed E-state index contributed by atoms with van der Waals surface area (Å²) in [7, 11) is 0. The monoisotopic (exact) mass is 305 g/mol. The summed E-state index contributed by atoms with van der Waals surface area (Å²) in [5.41, 5.74) is 6.26. The van der Waals surface area contributed by atoms with Crippen molar-refractivity contribution in [2.45, 2.75) is 31.4 Å². The van der Waals surface area contributed by atoms with Crippen LogP contribution in [0.3, 0.4) is 0 Å². The molecule has 2 aliphatic heterocycles. The molecule has 0 unspecified atom stereocenters. The minimum Gasteiger partial charge on any atom is -0.356 e. The molecular formula is C20H19NO2. The van der Waals surface area contributed by atoms with Crippen molar-refractivity contribution in [3.63, 3.8) is 0 Å². The summed E-state index contributed by atoms with van der Waals surface area (Å²) in [5, 5.41) is 0. The smallest absolute Gasteiger partial charge is 0.232 e. The van der Waals surface area contributed by atoms with E-state index in [0.717, 1.165) is 13.0 Å². The molecule has 2 heterocycles. The van der Waals surface area contributed by atoms with Crippen LogP contribution in [0, 0.1) is 6.92 Å². The topological polar surface area (TPSA) is 29.5 Å². The molecule has 0 N–H and O–H groups in total. The second-order valence-electron chi connectivity index (χ2n) is 6.85. The highest BCUT2D eigenvalue weighted by molar-refractivity contribution is 5.92. The number of nitrogens with zero attached hydrogens (tertiary/aromatic N) is 1. The van der Waals surface area contributed by atoms with Crippen molar-refractivity contribution in [3.8, 4) is 11.1 Å². The van der Waals surface area contributed by atoms with Crippen LogP contribution >= 0.6 is 0 Å². The van der Waals surface area contributed by atoms with Crippen LogP contribution < -0.4 is 0 Å². The van der Waals surface area contributed by atoms with Crippen molar-refractivity contribution in [3.05, 3.63) is 59.2 Å². The molecular weight excluding hydrogens is 286 g/mol. The Balaban J connectivity index is 1.75. The number of piperidine rings is 1. The molecule has 0 spiro atoms. The molecule has 116 valence electrons. The van der Waals surface area contributed by atoms with Gasteiger partial charge in [-0.1, -0.05) is 48.0 Å². The van der Waals surface area contributed by atoms with Gasteiger partial charge >= 0.3 is 0 Å². The van der Waals surface area contributed by atoms with Crippen molar-refractivity contribution < 1.29 is 9.53 Å². The number of benzene rings is 2. The third-order valence-electron chi connectivity index (χ3n) is 5.59. The highest BCUT2D eigenvalue weighted by Crippen LogP contribution is 2.52. The van der Waals surface area contributed by atoms with Gasteiger partial charge in [0.1, 0.15) is 6.23 Å². The Bertz CT molecular complexity index is 813. The first-order valence-corrected chi connectivity index (χ1v) is 8.36. The van der Waals surface area contributed by atoms with Gasteiger partial charge in [0.05, 0.1) is 12.5 Å². The number of carbonyl (C=O) groups excluding carboxylic acids is 1. The molecule has 0 radical (unpaired) electrons. The van der Waals surface area contributed by atoms with Crippen molar-refractivity contribution in [1.82, 2.24) is 4.90 Å². The Morgan fingerprint density at radius 1 is 1.09 bits per heavy atom. The maximum atomic E-state index is 13.1. The number of carbonyl (C=O) groups is 1. The molecule has 3 aliphatic rings. The minimum absolute atomic E-state index is 0.0395. The average molecular weight is 305 g/mol. The summed E-state index contributed by atoms with van der Waals surface area (Å²) in [5.74, 6) is 0.411. The van der Waals surface area contributed by atoms with Gasteiger partial charge in [0, 0.05) is 18.9 Å². The molecule has 2 saturated heterocycles. The van der Waals surface area contributed by atoms with Gasteiger partial charge in [-0.3, -0.25) is 4.79 Å². The van der Waals surface area contributed by atoms with Gasteiger partial charge in [0.25, 0.3) is 0 Å². The van der Waals surface area contributed by atoms with Crippen LogP contribution in [-0.4, -0.2) is 30.2 Å². The molecule has 23 heavy (non-hydrogen) atoms. The molecule has 2 fully saturated rings. The lowest BCUT2D eigenvalue weighted by Crippen LogP contribution is -2.47. The van der Waals surface area contributed by atoms with E-state index in [-0.39, 0.29) is 24.0 Å². The third kappa shape index (κ3) is 1.77. The first-order chi connectivity index (χ1) is 11.2. The molecule has 2 aromatic carbocycles. The van der Waals surface area contributed by atoms with E-state index in [9.17, 15) is 4.79 Å². The Morgan fingerprint density at radius 2 is 1.91 bits per heavy atom. The van der Waals surface area contributed by atoms with Crippen molar-refractivity contribution in [2.24, 2.45) is 0 Å². The molecule has 5 rings (SSSR count). The highest BCUT2D eigenvalue weighted by atomic mass is 16.5. The van der Waals surface area contributed by atoms with Gasteiger partial charge in [0.2, 0.25) is 5.91 Å². The fraction of sp³-hybridized carbons (Fsp3) is 0.350. The Kier molecular flexibility index (Phi) is 2.71. The Hall–Kier alpha value is -2.13. The fourth-order valence-corrected chi connectivity index (χ4v) is 4.58. The van der Waals surface area contributed by atoms with Crippen molar-refractivity contribution in [2.75, 3.05) is 13.2 Å². The average Bonchev–Trinajstić information content (AvgIpc) is 3.04. The largest absolute Gasteiger partial charge is 0.356 e. The fourth-order valence-electron chi connectivity index (χ4n) is 4.58. The van der Waals surface area contributed by atoms with E-state index in [0.29, 0.717) is 6.61 Å². The van der Waals surface area contributed by atoms with Crippen LogP contribution in [0.4, 0.5) is 0 Å². The van der Waals surface area contributed by atoms with E-state index in [4.69, 9.17) is 4.74 Å². The second-order valence-corrected chi connectivity index (χ2v) is 6.85. The normalized spacial score (nSPS) is 28.0. The summed E-state index contributed by atoms with van der Waals surface area (Å²) >= 11 is 0. The van der Waals surface area contributed by atoms with E-state index in [1.54, 1.807) is 0 Å². The van der Waals surface area contributed by atoms with Crippen LogP contribution in [-0.2, 0) is 9.53 Å². The first kappa shape index (κ1) is 13.3. The van der Waals surface area contributed by atoms with E-state index < -0.39 is 0 Å². The zero-order chi connectivity index (χ0) is 15.6. The lowest BCUT2D eigenvalue weighted by molar-refractivity contribution is -0.143. The summed E-state index contributed by atoms with van der Waals surface area (Å²) in [6.07, 6.45) is 0.864. The molecule has 0 aromatic heterocycles. The van der Waals surface area contributed by atoms with Crippen molar-refractivity contribution in [1.29, 1.82) is 0 Å². The zero-order valence-corrected chi connectivity index (χ0v) is 13.2. The van der Waals surface area contributed by atoms with E-state index in [1.807, 2.05) is 4.90 Å². The Morgan fingerprint density at radius 3 is 2.83 bits per heavy atom. The van der Waals surface area contributed by atoms with E-state index in [1.165, 1.54) is 27.8 Å². The second kappa shape index (κ2) is 4.68. The van der Waals surface area contributed by atoms with E-state index in [2.05, 4.69) is 49.4 Å². The number of fused-ring (bicyclic) bond motifs is 7. The van der Waals surface area contributed by atoms with Crippen LogP contribution in [0.15, 0.2) is 42.5 Å². The van der Waals surface area contributed by atoms with Crippen LogP contribution in [0.25, 0.3) is 11.1 Å². The van der Waals surface area contributed by atoms with Gasteiger partial charge in [-0.15, -0.1) is 0 Å². The van der Waals surface area contributed by atoms with Crippen LogP contribution in [0.1, 0.15) is 34.9 Å². The maximum absolute atomic E-state index is 13.1. The van der Waals surface area contributed by atoms with Gasteiger partial charge in [-0.2, -0.15) is 0 Å². The molecule has 0 saturated carbocycles. The summed E-state index contributed by atoms with van der Waals surface area (Å²) in [4.78, 5) is 15.1. The molecule has 3 atom stereocenters. The molecule has 3 heteroatoms. The zero-order valence-electron chi connectivity index (χ0n) is 13.2. The predicted molar refractivity (Wildman–Crippen MR) is 88.2 cm³/mol. The highest BCUT2D eigenvalue weighted by Gasteiger charge is 2.48. The lowest BCUT2D eigenvalue weighted by Gasteiger charge is -2.43. The number of hydrogen-bond donors (Lipinski definition) is 0. The number of aryl methyl sites for hydroxylation is 1. The lowest BCUT2D eigenvalue weighted by atomic mass is 9.67. The van der Waals surface area contributed by atoms with Crippen molar-refractivity contribution >= 4 is 5.91 Å². The van der Waals surface area contributed by atoms with Gasteiger partial charge in [-0.25, -0.2) is 0 Å². The molecule has 0 bridgehead atoms. The van der Waals surface area contributed by atoms with Crippen LogP contribution in [0.2, 0.25) is 0 Å². The molecule has 1 amide bonds. The SMILES string of the molecule is Cc1ccc2c(c1)[C@H]1C[C@H]3OCCN3C(=O)[C@H]1c1ccccc1-2. The van der Waals surface area contributed by atoms with Gasteiger partial charge in [-0.05, 0) is 29.2 Å². The summed E-state index contributed by atoms with van der Waals surface area (Å²) in [6.45, 7) is 3.52. The van der Waals surface area contributed by atoms with Crippen LogP contribution in [0.5, 0.6) is 0 Å². The molecule has 3 nitrogen and oxygen atoms in total. The minimum atomic E-state index is -0.0570. The Labute approximate surface area is 135 Å². The first-order valence-electron chi connectivity index (χ1n) is 8.36. The number of ether oxygens (including phenoxy) is 1. The molecule has 1 aliphatic carbocycles. The number of hydrogen-bond acceptors (Lipinski definition) is 2. The van der Waals surface area contributed by atoms with Gasteiger partial charge in [0.15, 0.2) is 0 Å². The van der Waals surface area contributed by atoms with E-state index >= 15 is 0 Å². The predicted octanol–water partition coefficient (Wildman–Crippen LogP) is 3.43. The summed E-state index contributed by atoms with van der Waals surface area (Å²) < 4.78 is 5.81.